The van der Waals surface area contributed by atoms with Gasteiger partial charge in [-0.1, -0.05) is 6.07 Å². The van der Waals surface area contributed by atoms with E-state index in [9.17, 15) is 0 Å². The van der Waals surface area contributed by atoms with Crippen LogP contribution in [-0.2, 0) is 11.8 Å². The quantitative estimate of drug-likeness (QED) is 0.499. The van der Waals surface area contributed by atoms with Crippen LogP contribution in [0.1, 0.15) is 6.92 Å². The highest BCUT2D eigenvalue weighted by molar-refractivity contribution is 7.21. The van der Waals surface area contributed by atoms with Crippen molar-refractivity contribution < 1.29 is 19.2 Å². The van der Waals surface area contributed by atoms with E-state index in [1.807, 2.05) is 43.7 Å². The SMILES string of the molecule is CC(=O)[O-].COc1ccc2c(c1)sc(N=c1ccn3ccccc3c1)[n+]2C. The van der Waals surface area contributed by atoms with Gasteiger partial charge in [0.25, 0.3) is 0 Å². The molecule has 0 spiro atoms. The monoisotopic (exact) mass is 381 g/mol. The number of ether oxygens (including phenoxy) is 1. The number of rotatable bonds is 2. The molecule has 0 aliphatic heterocycles. The predicted octanol–water partition coefficient (Wildman–Crippen LogP) is 1.98. The van der Waals surface area contributed by atoms with E-state index in [2.05, 4.69) is 33.2 Å². The van der Waals surface area contributed by atoms with Crippen molar-refractivity contribution in [1.29, 1.82) is 0 Å². The zero-order valence-electron chi connectivity index (χ0n) is 15.2. The number of hydrogen-bond donors (Lipinski definition) is 0. The van der Waals surface area contributed by atoms with Crippen LogP contribution in [0.5, 0.6) is 5.75 Å². The highest BCUT2D eigenvalue weighted by atomic mass is 32.1. The van der Waals surface area contributed by atoms with Crippen molar-refractivity contribution in [2.45, 2.75) is 6.92 Å². The summed E-state index contributed by atoms with van der Waals surface area (Å²) in [5.41, 5.74) is 2.28. The molecule has 4 rings (SSSR count). The molecule has 0 unspecified atom stereocenters. The summed E-state index contributed by atoms with van der Waals surface area (Å²) in [5.74, 6) is -0.215. The average Bonchev–Trinajstić information content (AvgIpc) is 2.96. The lowest BCUT2D eigenvalue weighted by molar-refractivity contribution is -0.627. The zero-order chi connectivity index (χ0) is 19.4. The molecule has 0 amide bonds. The lowest BCUT2D eigenvalue weighted by Gasteiger charge is -1.97. The van der Waals surface area contributed by atoms with E-state index in [1.54, 1.807) is 18.4 Å². The summed E-state index contributed by atoms with van der Waals surface area (Å²) in [5, 5.41) is 10.8. The first kappa shape index (κ1) is 18.6. The second-order valence-electron chi connectivity index (χ2n) is 5.80. The van der Waals surface area contributed by atoms with Crippen LogP contribution >= 0.6 is 11.3 Å². The predicted molar refractivity (Wildman–Crippen MR) is 103 cm³/mol. The van der Waals surface area contributed by atoms with Crippen LogP contribution in [-0.4, -0.2) is 17.5 Å². The lowest BCUT2D eigenvalue weighted by atomic mass is 10.3. The summed E-state index contributed by atoms with van der Waals surface area (Å²) in [7, 11) is 3.73. The first-order chi connectivity index (χ1) is 13.0. The molecule has 0 saturated carbocycles. The molecule has 0 atom stereocenters. The van der Waals surface area contributed by atoms with Gasteiger partial charge >= 0.3 is 5.13 Å². The first-order valence-electron chi connectivity index (χ1n) is 8.24. The van der Waals surface area contributed by atoms with Crippen molar-refractivity contribution in [3.05, 3.63) is 66.3 Å². The molecule has 0 aliphatic carbocycles. The minimum Gasteiger partial charge on any atom is -0.550 e. The molecule has 6 nitrogen and oxygen atoms in total. The van der Waals surface area contributed by atoms with Gasteiger partial charge in [-0.2, -0.15) is 0 Å². The second-order valence-corrected chi connectivity index (χ2v) is 6.81. The van der Waals surface area contributed by atoms with Crippen molar-refractivity contribution >= 4 is 38.2 Å². The Hall–Kier alpha value is -3.19. The van der Waals surface area contributed by atoms with Crippen LogP contribution in [0.2, 0.25) is 0 Å². The summed E-state index contributed by atoms with van der Waals surface area (Å²) in [6.45, 7) is 0.972. The molecule has 4 aromatic rings. The van der Waals surface area contributed by atoms with Crippen molar-refractivity contribution in [1.82, 2.24) is 4.40 Å². The number of carbonyl (C=O) groups is 1. The molecule has 3 heterocycles. The van der Waals surface area contributed by atoms with E-state index in [-0.39, 0.29) is 0 Å². The molecule has 27 heavy (non-hydrogen) atoms. The van der Waals surface area contributed by atoms with Crippen molar-refractivity contribution in [3.8, 4) is 5.75 Å². The van der Waals surface area contributed by atoms with Crippen molar-refractivity contribution in [2.75, 3.05) is 7.11 Å². The van der Waals surface area contributed by atoms with Crippen molar-refractivity contribution in [2.24, 2.45) is 12.0 Å². The molecule has 0 saturated heterocycles. The molecular formula is C20H19N3O3S. The van der Waals surface area contributed by atoms with Crippen molar-refractivity contribution in [3.63, 3.8) is 0 Å². The maximum Gasteiger partial charge on any atom is 0.383 e. The summed E-state index contributed by atoms with van der Waals surface area (Å²) in [4.78, 5) is 13.7. The molecule has 0 fully saturated rings. The lowest BCUT2D eigenvalue weighted by Crippen LogP contribution is -2.26. The van der Waals surface area contributed by atoms with Gasteiger partial charge in [0.05, 0.1) is 18.9 Å². The number of aliphatic carboxylic acids is 1. The number of aryl methyl sites for hydroxylation is 1. The highest BCUT2D eigenvalue weighted by Crippen LogP contribution is 2.28. The molecule has 3 aromatic heterocycles. The normalized spacial score (nSPS) is 11.3. The van der Waals surface area contributed by atoms with Gasteiger partial charge in [0.1, 0.15) is 11.3 Å². The molecule has 0 aliphatic rings. The van der Waals surface area contributed by atoms with Gasteiger partial charge < -0.3 is 19.0 Å². The largest absolute Gasteiger partial charge is 0.550 e. The Morgan fingerprint density at radius 3 is 2.70 bits per heavy atom. The van der Waals surface area contributed by atoms with Crippen LogP contribution in [0, 0.1) is 0 Å². The standard InChI is InChI=1S/C18H16N3OS.C2H4O2/c1-20-16-7-6-15(22-2)12-17(16)23-18(20)19-13-8-10-21-9-4-3-5-14(21)11-13;1-2(3)4/h3-12H,1-2H3;1H3,(H,3,4)/q+1;/p-1. The number of thiazole rings is 1. The number of fused-ring (bicyclic) bond motifs is 2. The molecule has 0 N–H and O–H groups in total. The van der Waals surface area contributed by atoms with E-state index < -0.39 is 5.97 Å². The molecule has 0 bridgehead atoms. The molecule has 7 heteroatoms. The third-order valence-electron chi connectivity index (χ3n) is 3.87. The fourth-order valence-electron chi connectivity index (χ4n) is 2.61. The van der Waals surface area contributed by atoms with Crippen LogP contribution in [0.15, 0.2) is 65.9 Å². The number of benzene rings is 1. The van der Waals surface area contributed by atoms with Crippen LogP contribution in [0.4, 0.5) is 5.13 Å². The second kappa shape index (κ2) is 8.01. The summed E-state index contributed by atoms with van der Waals surface area (Å²) in [6, 6.07) is 16.3. The zero-order valence-corrected chi connectivity index (χ0v) is 16.1. The number of nitrogens with zero attached hydrogens (tertiary/aromatic N) is 3. The average molecular weight is 381 g/mol. The van der Waals surface area contributed by atoms with E-state index in [0.29, 0.717) is 0 Å². The van der Waals surface area contributed by atoms with Gasteiger partial charge in [0, 0.05) is 42.1 Å². The third-order valence-corrected chi connectivity index (χ3v) is 4.96. The fraction of sp³-hybridized carbons (Fsp3) is 0.150. The van der Waals surface area contributed by atoms with Gasteiger partial charge in [0.15, 0.2) is 5.36 Å². The third kappa shape index (κ3) is 4.32. The maximum absolute atomic E-state index is 8.89. The Balaban J connectivity index is 0.000000481. The summed E-state index contributed by atoms with van der Waals surface area (Å²) < 4.78 is 10.7. The highest BCUT2D eigenvalue weighted by Gasteiger charge is 2.15. The molecule has 1 aromatic carbocycles. The van der Waals surface area contributed by atoms with E-state index in [4.69, 9.17) is 19.6 Å². The number of carbonyl (C=O) groups excluding carboxylic acids is 1. The van der Waals surface area contributed by atoms with E-state index >= 15 is 0 Å². The summed E-state index contributed by atoms with van der Waals surface area (Å²) >= 11 is 1.66. The van der Waals surface area contributed by atoms with Gasteiger partial charge in [-0.3, -0.25) is 0 Å². The number of hydrogen-bond acceptors (Lipinski definition) is 5. The fourth-order valence-corrected chi connectivity index (χ4v) is 3.68. The topological polar surface area (TPSA) is 70.0 Å². The Kier molecular flexibility index (Phi) is 5.52. The number of carboxylic acids is 1. The van der Waals surface area contributed by atoms with E-state index in [0.717, 1.165) is 34.2 Å². The molecular weight excluding hydrogens is 362 g/mol. The Labute approximate surface area is 160 Å². The minimum absolute atomic E-state index is 0.869. The van der Waals surface area contributed by atoms with Crippen LogP contribution in [0.3, 0.4) is 0 Å². The minimum atomic E-state index is -1.08. The van der Waals surface area contributed by atoms with Gasteiger partial charge in [-0.15, -0.1) is 0 Å². The Morgan fingerprint density at radius 2 is 1.96 bits per heavy atom. The molecule has 0 radical (unpaired) electrons. The smallest absolute Gasteiger partial charge is 0.383 e. The number of pyridine rings is 2. The number of carboxylic acid groups (broad SMARTS) is 1. The Morgan fingerprint density at radius 1 is 1.19 bits per heavy atom. The molecule has 138 valence electrons. The van der Waals surface area contributed by atoms with Crippen LogP contribution in [0.25, 0.3) is 15.7 Å². The number of aromatic nitrogens is 2. The van der Waals surface area contributed by atoms with Crippen LogP contribution < -0.4 is 19.8 Å². The Bertz CT molecular complexity index is 1170. The van der Waals surface area contributed by atoms with Gasteiger partial charge in [-0.05, 0) is 47.5 Å². The maximum atomic E-state index is 8.89. The van der Waals surface area contributed by atoms with Gasteiger partial charge in [0.2, 0.25) is 0 Å². The summed E-state index contributed by atoms with van der Waals surface area (Å²) in [6.07, 6.45) is 4.06. The van der Waals surface area contributed by atoms with E-state index in [1.165, 1.54) is 4.70 Å². The van der Waals surface area contributed by atoms with Gasteiger partial charge in [-0.25, -0.2) is 4.57 Å². The number of methoxy groups -OCH3 is 1. The first-order valence-corrected chi connectivity index (χ1v) is 9.05.